The molecule has 0 atom stereocenters. The SMILES string of the molecule is N#CN(c1ccc(Oc2ccccc2)cc1)C1CCN(C2CCCCC2)CC1. The topological polar surface area (TPSA) is 39.5 Å². The largest absolute Gasteiger partial charge is 0.457 e. The molecule has 4 heteroatoms. The molecule has 2 aromatic rings. The van der Waals surface area contributed by atoms with E-state index in [1.807, 2.05) is 59.5 Å². The van der Waals surface area contributed by atoms with Crippen LogP contribution in [0, 0.1) is 11.5 Å². The zero-order valence-electron chi connectivity index (χ0n) is 16.5. The van der Waals surface area contributed by atoms with Gasteiger partial charge in [-0.3, -0.25) is 4.90 Å². The van der Waals surface area contributed by atoms with Gasteiger partial charge in [0.05, 0.1) is 5.69 Å². The van der Waals surface area contributed by atoms with Crippen molar-refractivity contribution in [2.45, 2.75) is 57.0 Å². The standard InChI is InChI=1S/C24H29N3O/c25-19-27(22-15-17-26(18-16-22)20-7-3-1-4-8-20)21-11-13-24(14-12-21)28-23-9-5-2-6-10-23/h2,5-6,9-14,20,22H,1,3-4,7-8,15-18H2. The van der Waals surface area contributed by atoms with Gasteiger partial charge in [0.15, 0.2) is 6.19 Å². The summed E-state index contributed by atoms with van der Waals surface area (Å²) in [6.07, 6.45) is 11.4. The third-order valence-corrected chi connectivity index (χ3v) is 6.16. The lowest BCUT2D eigenvalue weighted by molar-refractivity contribution is 0.123. The average molecular weight is 376 g/mol. The van der Waals surface area contributed by atoms with Crippen LogP contribution in [-0.4, -0.2) is 30.1 Å². The van der Waals surface area contributed by atoms with E-state index in [0.29, 0.717) is 6.04 Å². The summed E-state index contributed by atoms with van der Waals surface area (Å²) in [6.45, 7) is 2.23. The van der Waals surface area contributed by atoms with Crippen LogP contribution in [0.15, 0.2) is 54.6 Å². The number of hydrogen-bond acceptors (Lipinski definition) is 4. The summed E-state index contributed by atoms with van der Waals surface area (Å²) in [6, 6.07) is 18.7. The summed E-state index contributed by atoms with van der Waals surface area (Å²) < 4.78 is 5.87. The number of nitriles is 1. The van der Waals surface area contributed by atoms with E-state index < -0.39 is 0 Å². The predicted octanol–water partition coefficient (Wildman–Crippen LogP) is 5.56. The van der Waals surface area contributed by atoms with Gasteiger partial charge in [0.25, 0.3) is 0 Å². The Balaban J connectivity index is 1.35. The minimum atomic E-state index is 0.297. The molecule has 4 rings (SSSR count). The highest BCUT2D eigenvalue weighted by Gasteiger charge is 2.29. The minimum absolute atomic E-state index is 0.297. The van der Waals surface area contributed by atoms with Gasteiger partial charge in [0.2, 0.25) is 0 Å². The Bertz CT molecular complexity index is 770. The Morgan fingerprint density at radius 1 is 0.821 bits per heavy atom. The second kappa shape index (κ2) is 9.12. The van der Waals surface area contributed by atoms with E-state index in [9.17, 15) is 5.26 Å². The third-order valence-electron chi connectivity index (χ3n) is 6.16. The fraction of sp³-hybridized carbons (Fsp3) is 0.458. The van der Waals surface area contributed by atoms with E-state index >= 15 is 0 Å². The Hall–Kier alpha value is -2.51. The molecule has 2 aromatic carbocycles. The van der Waals surface area contributed by atoms with Crippen LogP contribution in [0.1, 0.15) is 44.9 Å². The zero-order chi connectivity index (χ0) is 19.2. The van der Waals surface area contributed by atoms with Gasteiger partial charge in [-0.15, -0.1) is 0 Å². The highest BCUT2D eigenvalue weighted by molar-refractivity contribution is 5.54. The molecular weight excluding hydrogens is 346 g/mol. The third kappa shape index (κ3) is 4.48. The molecule has 0 N–H and O–H groups in total. The molecule has 2 fully saturated rings. The molecule has 0 spiro atoms. The Morgan fingerprint density at radius 2 is 1.46 bits per heavy atom. The Morgan fingerprint density at radius 3 is 2.11 bits per heavy atom. The summed E-state index contributed by atoms with van der Waals surface area (Å²) in [5.74, 6) is 1.61. The van der Waals surface area contributed by atoms with Gasteiger partial charge in [0, 0.05) is 25.2 Å². The second-order valence-electron chi connectivity index (χ2n) is 7.94. The van der Waals surface area contributed by atoms with Gasteiger partial charge in [-0.05, 0) is 62.1 Å². The Kier molecular flexibility index (Phi) is 6.14. The second-order valence-corrected chi connectivity index (χ2v) is 7.94. The molecule has 0 radical (unpaired) electrons. The van der Waals surface area contributed by atoms with Gasteiger partial charge in [-0.25, -0.2) is 0 Å². The first-order valence-corrected chi connectivity index (χ1v) is 10.6. The number of hydrogen-bond donors (Lipinski definition) is 0. The van der Waals surface area contributed by atoms with E-state index in [1.165, 1.54) is 32.1 Å². The fourth-order valence-corrected chi connectivity index (χ4v) is 4.60. The summed E-state index contributed by atoms with van der Waals surface area (Å²) in [4.78, 5) is 4.56. The van der Waals surface area contributed by atoms with Crippen molar-refractivity contribution in [1.29, 1.82) is 5.26 Å². The van der Waals surface area contributed by atoms with E-state index in [4.69, 9.17) is 4.74 Å². The van der Waals surface area contributed by atoms with Crippen LogP contribution in [0.5, 0.6) is 11.5 Å². The maximum atomic E-state index is 9.78. The molecule has 1 saturated heterocycles. The number of para-hydroxylation sites is 1. The van der Waals surface area contributed by atoms with Crippen molar-refractivity contribution in [2.24, 2.45) is 0 Å². The average Bonchev–Trinajstić information content (AvgIpc) is 2.77. The first-order chi connectivity index (χ1) is 13.8. The number of likely N-dealkylation sites (tertiary alicyclic amines) is 1. The maximum Gasteiger partial charge on any atom is 0.184 e. The molecule has 146 valence electrons. The molecular formula is C24H29N3O. The fourth-order valence-electron chi connectivity index (χ4n) is 4.60. The lowest BCUT2D eigenvalue weighted by Crippen LogP contribution is -2.47. The van der Waals surface area contributed by atoms with Crippen molar-refractivity contribution in [2.75, 3.05) is 18.0 Å². The van der Waals surface area contributed by atoms with Crippen LogP contribution in [-0.2, 0) is 0 Å². The normalized spacial score (nSPS) is 19.1. The summed E-state index contributed by atoms with van der Waals surface area (Å²) >= 11 is 0. The first kappa shape index (κ1) is 18.8. The van der Waals surface area contributed by atoms with Gasteiger partial charge >= 0.3 is 0 Å². The monoisotopic (exact) mass is 375 g/mol. The van der Waals surface area contributed by atoms with Crippen molar-refractivity contribution in [3.05, 3.63) is 54.6 Å². The maximum absolute atomic E-state index is 9.78. The highest BCUT2D eigenvalue weighted by atomic mass is 16.5. The molecule has 2 aliphatic rings. The summed E-state index contributed by atoms with van der Waals surface area (Å²) in [7, 11) is 0. The molecule has 1 aliphatic carbocycles. The Labute approximate surface area is 168 Å². The summed E-state index contributed by atoms with van der Waals surface area (Å²) in [5.41, 5.74) is 0.957. The predicted molar refractivity (Wildman–Crippen MR) is 113 cm³/mol. The van der Waals surface area contributed by atoms with Crippen molar-refractivity contribution in [3.63, 3.8) is 0 Å². The van der Waals surface area contributed by atoms with Crippen LogP contribution < -0.4 is 9.64 Å². The van der Waals surface area contributed by atoms with Crippen molar-refractivity contribution >= 4 is 5.69 Å². The van der Waals surface area contributed by atoms with E-state index in [-0.39, 0.29) is 0 Å². The van der Waals surface area contributed by atoms with Crippen LogP contribution in [0.25, 0.3) is 0 Å². The molecule has 1 saturated carbocycles. The van der Waals surface area contributed by atoms with Crippen molar-refractivity contribution in [1.82, 2.24) is 4.90 Å². The zero-order valence-corrected chi connectivity index (χ0v) is 16.5. The van der Waals surface area contributed by atoms with Gasteiger partial charge in [-0.1, -0.05) is 37.5 Å². The molecule has 0 unspecified atom stereocenters. The molecule has 0 aromatic heterocycles. The van der Waals surface area contributed by atoms with E-state index in [2.05, 4.69) is 11.1 Å². The van der Waals surface area contributed by atoms with Crippen molar-refractivity contribution < 1.29 is 4.74 Å². The van der Waals surface area contributed by atoms with Gasteiger partial charge in [0.1, 0.15) is 11.5 Å². The van der Waals surface area contributed by atoms with Crippen molar-refractivity contribution in [3.8, 4) is 17.7 Å². The molecule has 28 heavy (non-hydrogen) atoms. The molecule has 0 bridgehead atoms. The van der Waals surface area contributed by atoms with Crippen LogP contribution >= 0.6 is 0 Å². The van der Waals surface area contributed by atoms with E-state index in [0.717, 1.165) is 49.2 Å². The smallest absolute Gasteiger partial charge is 0.184 e. The van der Waals surface area contributed by atoms with Crippen LogP contribution in [0.3, 0.4) is 0 Å². The number of rotatable bonds is 5. The number of nitrogens with zero attached hydrogens (tertiary/aromatic N) is 3. The lowest BCUT2D eigenvalue weighted by Gasteiger charge is -2.41. The first-order valence-electron chi connectivity index (χ1n) is 10.6. The minimum Gasteiger partial charge on any atom is -0.457 e. The van der Waals surface area contributed by atoms with E-state index in [1.54, 1.807) is 0 Å². The lowest BCUT2D eigenvalue weighted by atomic mass is 9.92. The molecule has 4 nitrogen and oxygen atoms in total. The number of benzene rings is 2. The number of ether oxygens (including phenoxy) is 1. The van der Waals surface area contributed by atoms with Crippen LogP contribution in [0.2, 0.25) is 0 Å². The highest BCUT2D eigenvalue weighted by Crippen LogP contribution is 2.30. The van der Waals surface area contributed by atoms with Crippen LogP contribution in [0.4, 0.5) is 5.69 Å². The summed E-state index contributed by atoms with van der Waals surface area (Å²) in [5, 5.41) is 9.78. The number of piperidine rings is 1. The quantitative estimate of drug-likeness (QED) is 0.506. The molecule has 0 amide bonds. The molecule has 1 aliphatic heterocycles. The molecule has 1 heterocycles. The van der Waals surface area contributed by atoms with Gasteiger partial charge in [-0.2, -0.15) is 5.26 Å². The van der Waals surface area contributed by atoms with Gasteiger partial charge < -0.3 is 9.64 Å². The number of anilines is 1.